The van der Waals surface area contributed by atoms with E-state index in [0.29, 0.717) is 18.2 Å². The summed E-state index contributed by atoms with van der Waals surface area (Å²) >= 11 is 0. The van der Waals surface area contributed by atoms with Gasteiger partial charge < -0.3 is 0 Å². The smallest absolute Gasteiger partial charge is 0.161 e. The van der Waals surface area contributed by atoms with Gasteiger partial charge in [-0.1, -0.05) is 140 Å². The van der Waals surface area contributed by atoms with Crippen LogP contribution in [-0.2, 0) is 6.54 Å². The number of fused-ring (bicyclic) bond motifs is 3. The van der Waals surface area contributed by atoms with E-state index in [9.17, 15) is 0 Å². The Kier molecular flexibility index (Phi) is 9.80. The van der Waals surface area contributed by atoms with E-state index in [1.807, 2.05) is 60.9 Å². The molecule has 3 heterocycles. The SMILES string of the molecule is C=NC(=NC(=NCc1ccc(-c2ccccc2)cc1)c1ccccc1)c1cc(-c2ccc(-c3cccnc3)cc2)cc(-c2ccc3ccc4cccnc4c3n2)c1. The Morgan fingerprint density at radius 2 is 1.09 bits per heavy atom. The summed E-state index contributed by atoms with van der Waals surface area (Å²) in [5.41, 5.74) is 12.7. The van der Waals surface area contributed by atoms with E-state index in [-0.39, 0.29) is 0 Å². The first-order valence-corrected chi connectivity index (χ1v) is 18.8. The summed E-state index contributed by atoms with van der Waals surface area (Å²) in [6, 6.07) is 60.2. The summed E-state index contributed by atoms with van der Waals surface area (Å²) in [5.74, 6) is 1.03. The van der Waals surface area contributed by atoms with Crippen molar-refractivity contribution in [3.05, 3.63) is 211 Å². The van der Waals surface area contributed by atoms with Crippen LogP contribution in [0.4, 0.5) is 0 Å². The molecule has 3 aromatic heterocycles. The summed E-state index contributed by atoms with van der Waals surface area (Å²) in [4.78, 5) is 28.9. The minimum absolute atomic E-state index is 0.449. The highest BCUT2D eigenvalue weighted by Gasteiger charge is 2.14. The standard InChI is InChI=1S/C51H36N6/c1-52-50(57-51(42-12-6-3-7-13-42)55-33-35-16-18-37(19-17-35)36-10-4-2-5-11-36)46-31-44(39-22-20-38(21-23-39)43-15-8-28-53-34-43)30-45(32-46)47-27-26-41-25-24-40-14-9-29-54-48(40)49(41)56-47/h2-32,34H,1,33H2. The first-order chi connectivity index (χ1) is 28.2. The fourth-order valence-electron chi connectivity index (χ4n) is 7.01. The molecule has 0 radical (unpaired) electrons. The number of hydrogen-bond acceptors (Lipinski definition) is 4. The van der Waals surface area contributed by atoms with Gasteiger partial charge in [-0.05, 0) is 82.1 Å². The summed E-state index contributed by atoms with van der Waals surface area (Å²) < 4.78 is 0. The molecule has 0 saturated carbocycles. The molecule has 0 spiro atoms. The number of benzene rings is 6. The second-order valence-corrected chi connectivity index (χ2v) is 13.7. The van der Waals surface area contributed by atoms with Gasteiger partial charge in [-0.3, -0.25) is 15.0 Å². The number of hydrogen-bond donors (Lipinski definition) is 0. The van der Waals surface area contributed by atoms with Gasteiger partial charge in [0, 0.05) is 46.1 Å². The Bertz CT molecular complexity index is 2900. The fourth-order valence-corrected chi connectivity index (χ4v) is 7.01. The van der Waals surface area contributed by atoms with E-state index in [2.05, 4.69) is 144 Å². The van der Waals surface area contributed by atoms with Gasteiger partial charge in [-0.15, -0.1) is 0 Å². The zero-order chi connectivity index (χ0) is 38.4. The van der Waals surface area contributed by atoms with Gasteiger partial charge in [0.15, 0.2) is 11.7 Å². The van der Waals surface area contributed by atoms with Crippen molar-refractivity contribution in [3.8, 4) is 44.6 Å². The topological polar surface area (TPSA) is 75.8 Å². The first-order valence-electron chi connectivity index (χ1n) is 18.8. The van der Waals surface area contributed by atoms with Gasteiger partial charge in [0.05, 0.1) is 23.3 Å². The largest absolute Gasteiger partial charge is 0.264 e. The number of pyridine rings is 3. The number of aromatic nitrogens is 3. The Morgan fingerprint density at radius 3 is 1.82 bits per heavy atom. The molecule has 0 amide bonds. The summed E-state index contributed by atoms with van der Waals surface area (Å²) in [5, 5.41) is 2.07. The quantitative estimate of drug-likeness (QED) is 0.0886. The Morgan fingerprint density at radius 1 is 0.474 bits per heavy atom. The van der Waals surface area contributed by atoms with Gasteiger partial charge in [0.25, 0.3) is 0 Å². The Hall–Kier alpha value is -7.70. The van der Waals surface area contributed by atoms with Crippen LogP contribution in [0.2, 0.25) is 0 Å². The summed E-state index contributed by atoms with van der Waals surface area (Å²) in [6.07, 6.45) is 5.48. The van der Waals surface area contributed by atoms with Crippen molar-refractivity contribution < 1.29 is 0 Å². The second-order valence-electron chi connectivity index (χ2n) is 13.7. The van der Waals surface area contributed by atoms with Gasteiger partial charge in [0.2, 0.25) is 0 Å². The van der Waals surface area contributed by atoms with E-state index in [4.69, 9.17) is 20.0 Å². The molecule has 9 aromatic rings. The predicted octanol–water partition coefficient (Wildman–Crippen LogP) is 11.9. The third kappa shape index (κ3) is 7.66. The van der Waals surface area contributed by atoms with Gasteiger partial charge in [0.1, 0.15) is 0 Å². The fraction of sp³-hybridized carbons (Fsp3) is 0.0196. The molecule has 0 bridgehead atoms. The lowest BCUT2D eigenvalue weighted by Crippen LogP contribution is -2.06. The molecule has 6 nitrogen and oxygen atoms in total. The van der Waals surface area contributed by atoms with Crippen molar-refractivity contribution in [2.24, 2.45) is 15.0 Å². The van der Waals surface area contributed by atoms with Crippen LogP contribution in [-0.4, -0.2) is 33.3 Å². The zero-order valence-corrected chi connectivity index (χ0v) is 31.1. The van der Waals surface area contributed by atoms with Crippen LogP contribution >= 0.6 is 0 Å². The maximum absolute atomic E-state index is 5.21. The molecule has 6 heteroatoms. The van der Waals surface area contributed by atoms with Crippen molar-refractivity contribution in [3.63, 3.8) is 0 Å². The lowest BCUT2D eigenvalue weighted by molar-refractivity contribution is 1.06. The molecular formula is C51H36N6. The lowest BCUT2D eigenvalue weighted by Gasteiger charge is -2.12. The molecule has 0 aliphatic rings. The van der Waals surface area contributed by atoms with Crippen LogP contribution in [0.3, 0.4) is 0 Å². The normalized spacial score (nSPS) is 11.9. The highest BCUT2D eigenvalue weighted by molar-refractivity contribution is 6.13. The maximum Gasteiger partial charge on any atom is 0.161 e. The molecule has 0 N–H and O–H groups in total. The number of amidine groups is 2. The Labute approximate surface area is 331 Å². The molecule has 57 heavy (non-hydrogen) atoms. The molecule has 0 fully saturated rings. The molecule has 0 aliphatic carbocycles. The number of nitrogens with zero attached hydrogens (tertiary/aromatic N) is 6. The predicted molar refractivity (Wildman–Crippen MR) is 236 cm³/mol. The van der Waals surface area contributed by atoms with Crippen molar-refractivity contribution >= 4 is 40.2 Å². The van der Waals surface area contributed by atoms with Crippen LogP contribution in [0.15, 0.2) is 209 Å². The molecular weight excluding hydrogens is 697 g/mol. The molecule has 0 saturated heterocycles. The van der Waals surface area contributed by atoms with E-state index < -0.39 is 0 Å². The van der Waals surface area contributed by atoms with Gasteiger partial charge >= 0.3 is 0 Å². The van der Waals surface area contributed by atoms with Crippen LogP contribution in [0.25, 0.3) is 66.4 Å². The van der Waals surface area contributed by atoms with E-state index in [1.54, 1.807) is 6.20 Å². The lowest BCUT2D eigenvalue weighted by atomic mass is 9.96. The molecule has 6 aromatic carbocycles. The van der Waals surface area contributed by atoms with Crippen LogP contribution in [0.5, 0.6) is 0 Å². The third-order valence-corrected chi connectivity index (χ3v) is 10.00. The van der Waals surface area contributed by atoms with Crippen molar-refractivity contribution in [2.45, 2.75) is 6.54 Å². The van der Waals surface area contributed by atoms with Crippen molar-refractivity contribution in [1.82, 2.24) is 15.0 Å². The third-order valence-electron chi connectivity index (χ3n) is 10.00. The summed E-state index contributed by atoms with van der Waals surface area (Å²) in [7, 11) is 0. The minimum Gasteiger partial charge on any atom is -0.264 e. The van der Waals surface area contributed by atoms with Crippen molar-refractivity contribution in [2.75, 3.05) is 0 Å². The van der Waals surface area contributed by atoms with E-state index in [0.717, 1.165) is 77.6 Å². The van der Waals surface area contributed by atoms with Crippen molar-refractivity contribution in [1.29, 1.82) is 0 Å². The van der Waals surface area contributed by atoms with E-state index in [1.165, 1.54) is 5.56 Å². The van der Waals surface area contributed by atoms with E-state index >= 15 is 0 Å². The second kappa shape index (κ2) is 16.0. The molecule has 0 unspecified atom stereocenters. The monoisotopic (exact) mass is 732 g/mol. The van der Waals surface area contributed by atoms with Gasteiger partial charge in [-0.25, -0.2) is 15.0 Å². The van der Waals surface area contributed by atoms with Crippen LogP contribution in [0, 0.1) is 0 Å². The minimum atomic E-state index is 0.449. The molecule has 270 valence electrons. The highest BCUT2D eigenvalue weighted by atomic mass is 15.0. The average Bonchev–Trinajstić information content (AvgIpc) is 3.30. The highest BCUT2D eigenvalue weighted by Crippen LogP contribution is 2.32. The molecule has 9 rings (SSSR count). The molecule has 0 aliphatic heterocycles. The number of aliphatic imine (C=N–C) groups is 3. The number of rotatable bonds is 8. The van der Waals surface area contributed by atoms with Crippen LogP contribution in [0.1, 0.15) is 16.7 Å². The van der Waals surface area contributed by atoms with Gasteiger partial charge in [-0.2, -0.15) is 0 Å². The summed E-state index contributed by atoms with van der Waals surface area (Å²) in [6.45, 7) is 4.45. The first kappa shape index (κ1) is 35.0. The maximum atomic E-state index is 5.21. The molecule has 0 atom stereocenters. The van der Waals surface area contributed by atoms with Crippen LogP contribution < -0.4 is 0 Å². The Balaban J connectivity index is 1.14. The average molecular weight is 733 g/mol. The zero-order valence-electron chi connectivity index (χ0n) is 31.1.